The van der Waals surface area contributed by atoms with Gasteiger partial charge in [-0.1, -0.05) is 47.5 Å². The van der Waals surface area contributed by atoms with Crippen molar-refractivity contribution >= 4 is 40.0 Å². The van der Waals surface area contributed by atoms with Crippen molar-refractivity contribution in [3.8, 4) is 11.3 Å². The fourth-order valence-electron chi connectivity index (χ4n) is 3.16. The number of fused-ring (bicyclic) bond motifs is 1. The van der Waals surface area contributed by atoms with Gasteiger partial charge in [0.15, 0.2) is 0 Å². The highest BCUT2D eigenvalue weighted by molar-refractivity contribution is 6.35. The highest BCUT2D eigenvalue weighted by Crippen LogP contribution is 2.25. The number of halogens is 2. The zero-order valence-electron chi connectivity index (χ0n) is 15.4. The van der Waals surface area contributed by atoms with Crippen molar-refractivity contribution in [2.24, 2.45) is 0 Å². The Morgan fingerprint density at radius 2 is 1.76 bits per heavy atom. The highest BCUT2D eigenvalue weighted by atomic mass is 35.5. The Labute approximate surface area is 178 Å². The first-order valence-corrected chi connectivity index (χ1v) is 9.90. The molecule has 4 nitrogen and oxygen atoms in total. The van der Waals surface area contributed by atoms with E-state index in [1.54, 1.807) is 24.5 Å². The van der Waals surface area contributed by atoms with E-state index in [2.05, 4.69) is 10.3 Å². The Morgan fingerprint density at radius 1 is 0.966 bits per heavy atom. The molecule has 2 heterocycles. The van der Waals surface area contributed by atoms with Gasteiger partial charge in [-0.3, -0.25) is 9.78 Å². The minimum absolute atomic E-state index is 0.149. The van der Waals surface area contributed by atoms with Crippen LogP contribution in [0.5, 0.6) is 0 Å². The van der Waals surface area contributed by atoms with E-state index in [1.165, 1.54) is 0 Å². The third-order valence-corrected chi connectivity index (χ3v) is 5.22. The molecule has 144 valence electrons. The Bertz CT molecular complexity index is 1180. The average Bonchev–Trinajstić information content (AvgIpc) is 2.75. The van der Waals surface area contributed by atoms with Crippen LogP contribution in [0.15, 0.2) is 73.1 Å². The monoisotopic (exact) mass is 421 g/mol. The van der Waals surface area contributed by atoms with Gasteiger partial charge in [-0.25, -0.2) is 4.98 Å². The maximum atomic E-state index is 13.0. The summed E-state index contributed by atoms with van der Waals surface area (Å²) in [6, 6.07) is 18.6. The summed E-state index contributed by atoms with van der Waals surface area (Å²) in [7, 11) is 0. The van der Waals surface area contributed by atoms with E-state index in [9.17, 15) is 4.79 Å². The molecule has 29 heavy (non-hydrogen) atoms. The number of rotatable bonds is 5. The third kappa shape index (κ3) is 4.39. The van der Waals surface area contributed by atoms with Crippen molar-refractivity contribution in [2.45, 2.75) is 6.42 Å². The Hall–Kier alpha value is -2.95. The molecule has 2 aromatic heterocycles. The smallest absolute Gasteiger partial charge is 0.252 e. The summed E-state index contributed by atoms with van der Waals surface area (Å²) in [5, 5.41) is 4.99. The van der Waals surface area contributed by atoms with Crippen molar-refractivity contribution in [3.63, 3.8) is 0 Å². The number of carbonyl (C=O) groups excluding carboxylic acids is 1. The van der Waals surface area contributed by atoms with Crippen LogP contribution in [0.4, 0.5) is 0 Å². The summed E-state index contributed by atoms with van der Waals surface area (Å²) in [6.07, 6.45) is 4.03. The number of para-hydroxylation sites is 1. The van der Waals surface area contributed by atoms with Gasteiger partial charge in [0, 0.05) is 39.9 Å². The first-order chi connectivity index (χ1) is 14.1. The lowest BCUT2D eigenvalue weighted by Gasteiger charge is -2.11. The van der Waals surface area contributed by atoms with Crippen molar-refractivity contribution in [3.05, 3.63) is 94.2 Å². The number of amides is 1. The predicted octanol–water partition coefficient (Wildman–Crippen LogP) is 5.58. The molecule has 4 rings (SSSR count). The maximum absolute atomic E-state index is 13.0. The Kier molecular flexibility index (Phi) is 5.74. The average molecular weight is 422 g/mol. The van der Waals surface area contributed by atoms with Gasteiger partial charge in [-0.2, -0.15) is 0 Å². The summed E-state index contributed by atoms with van der Waals surface area (Å²) in [4.78, 5) is 21.7. The molecular formula is C23H17Cl2N3O. The van der Waals surface area contributed by atoms with E-state index in [0.717, 1.165) is 27.7 Å². The van der Waals surface area contributed by atoms with Crippen LogP contribution >= 0.6 is 23.2 Å². The van der Waals surface area contributed by atoms with Gasteiger partial charge in [0.05, 0.1) is 16.8 Å². The maximum Gasteiger partial charge on any atom is 0.252 e. The number of hydrogen-bond donors (Lipinski definition) is 1. The summed E-state index contributed by atoms with van der Waals surface area (Å²) >= 11 is 12.2. The molecule has 1 amide bonds. The Balaban J connectivity index is 1.59. The number of aromatic nitrogens is 2. The molecule has 4 aromatic rings. The normalized spacial score (nSPS) is 10.8. The van der Waals surface area contributed by atoms with Gasteiger partial charge in [-0.05, 0) is 48.4 Å². The van der Waals surface area contributed by atoms with Crippen LogP contribution in [-0.2, 0) is 6.42 Å². The number of benzene rings is 2. The van der Waals surface area contributed by atoms with Crippen molar-refractivity contribution in [1.82, 2.24) is 15.3 Å². The standard InChI is InChI=1S/C23H17Cl2N3O/c24-17-6-5-15(20(25)13-17)9-12-27-23(29)19-14-22(16-7-10-26-11-8-16)28-21-4-2-1-3-18(19)21/h1-8,10-11,13-14H,9,12H2,(H,27,29). The largest absolute Gasteiger partial charge is 0.352 e. The zero-order valence-corrected chi connectivity index (χ0v) is 16.9. The lowest BCUT2D eigenvalue weighted by Crippen LogP contribution is -2.26. The number of pyridine rings is 2. The molecule has 0 bridgehead atoms. The lowest BCUT2D eigenvalue weighted by atomic mass is 10.0. The first-order valence-electron chi connectivity index (χ1n) is 9.14. The van der Waals surface area contributed by atoms with Crippen molar-refractivity contribution in [2.75, 3.05) is 6.54 Å². The topological polar surface area (TPSA) is 54.9 Å². The zero-order chi connectivity index (χ0) is 20.2. The van der Waals surface area contributed by atoms with E-state index >= 15 is 0 Å². The van der Waals surface area contributed by atoms with Crippen molar-refractivity contribution < 1.29 is 4.79 Å². The van der Waals surface area contributed by atoms with Gasteiger partial charge in [0.25, 0.3) is 5.91 Å². The fraction of sp³-hybridized carbons (Fsp3) is 0.0870. The molecule has 0 fully saturated rings. The van der Waals surface area contributed by atoms with Gasteiger partial charge >= 0.3 is 0 Å². The summed E-state index contributed by atoms with van der Waals surface area (Å²) in [5.41, 5.74) is 3.94. The van der Waals surface area contributed by atoms with Gasteiger partial charge < -0.3 is 5.32 Å². The lowest BCUT2D eigenvalue weighted by molar-refractivity contribution is 0.0956. The van der Waals surface area contributed by atoms with Crippen LogP contribution in [0.2, 0.25) is 10.0 Å². The van der Waals surface area contributed by atoms with Gasteiger partial charge in [-0.15, -0.1) is 0 Å². The highest BCUT2D eigenvalue weighted by Gasteiger charge is 2.14. The first kappa shape index (κ1) is 19.4. The molecule has 6 heteroatoms. The third-order valence-electron chi connectivity index (χ3n) is 4.63. The Morgan fingerprint density at radius 3 is 2.55 bits per heavy atom. The molecular weight excluding hydrogens is 405 g/mol. The fourth-order valence-corrected chi connectivity index (χ4v) is 3.67. The summed E-state index contributed by atoms with van der Waals surface area (Å²) in [5.74, 6) is -0.149. The van der Waals surface area contributed by atoms with Crippen LogP contribution < -0.4 is 5.32 Å². The molecule has 0 aliphatic carbocycles. The SMILES string of the molecule is O=C(NCCc1ccc(Cl)cc1Cl)c1cc(-c2ccncc2)nc2ccccc12. The van der Waals surface area contributed by atoms with Crippen LogP contribution in [-0.4, -0.2) is 22.4 Å². The number of carbonyl (C=O) groups is 1. The quantitative estimate of drug-likeness (QED) is 0.457. The van der Waals surface area contributed by atoms with Crippen molar-refractivity contribution in [1.29, 1.82) is 0 Å². The van der Waals surface area contributed by atoms with E-state index in [1.807, 2.05) is 48.5 Å². The van der Waals surface area contributed by atoms with Crippen LogP contribution in [0.1, 0.15) is 15.9 Å². The molecule has 2 aromatic carbocycles. The van der Waals surface area contributed by atoms with Gasteiger partial charge in [0.1, 0.15) is 0 Å². The molecule has 0 unspecified atom stereocenters. The number of hydrogen-bond acceptors (Lipinski definition) is 3. The second-order valence-electron chi connectivity index (χ2n) is 6.55. The summed E-state index contributed by atoms with van der Waals surface area (Å²) in [6.45, 7) is 0.460. The second kappa shape index (κ2) is 8.60. The minimum Gasteiger partial charge on any atom is -0.352 e. The van der Waals surface area contributed by atoms with Crippen LogP contribution in [0, 0.1) is 0 Å². The van der Waals surface area contributed by atoms with Crippen LogP contribution in [0.3, 0.4) is 0 Å². The molecule has 0 atom stereocenters. The number of nitrogens with one attached hydrogen (secondary N) is 1. The molecule has 0 aliphatic heterocycles. The van der Waals surface area contributed by atoms with Gasteiger partial charge in [0.2, 0.25) is 0 Å². The van der Waals surface area contributed by atoms with E-state index in [4.69, 9.17) is 28.2 Å². The summed E-state index contributed by atoms with van der Waals surface area (Å²) < 4.78 is 0. The molecule has 0 saturated heterocycles. The molecule has 0 saturated carbocycles. The van der Waals surface area contributed by atoms with E-state index < -0.39 is 0 Å². The molecule has 0 aliphatic rings. The van der Waals surface area contributed by atoms with E-state index in [-0.39, 0.29) is 5.91 Å². The minimum atomic E-state index is -0.149. The second-order valence-corrected chi connectivity index (χ2v) is 7.39. The predicted molar refractivity (Wildman–Crippen MR) is 117 cm³/mol. The molecule has 0 radical (unpaired) electrons. The van der Waals surface area contributed by atoms with E-state index in [0.29, 0.717) is 28.6 Å². The number of nitrogens with zero attached hydrogens (tertiary/aromatic N) is 2. The molecule has 1 N–H and O–H groups in total. The van der Waals surface area contributed by atoms with Crippen LogP contribution in [0.25, 0.3) is 22.2 Å². The molecule has 0 spiro atoms.